The third kappa shape index (κ3) is 4.78. The number of rotatable bonds is 8. The molecule has 1 aliphatic carbocycles. The van der Waals surface area contributed by atoms with E-state index < -0.39 is 0 Å². The zero-order valence-corrected chi connectivity index (χ0v) is 20.0. The van der Waals surface area contributed by atoms with Crippen molar-refractivity contribution in [3.8, 4) is 23.0 Å². The van der Waals surface area contributed by atoms with E-state index in [2.05, 4.69) is 27.7 Å². The van der Waals surface area contributed by atoms with Gasteiger partial charge in [0.15, 0.2) is 5.13 Å². The predicted octanol–water partition coefficient (Wildman–Crippen LogP) is 4.75. The van der Waals surface area contributed by atoms with Crippen molar-refractivity contribution in [2.75, 3.05) is 26.0 Å². The van der Waals surface area contributed by atoms with Gasteiger partial charge in [-0.05, 0) is 57.2 Å². The monoisotopic (exact) mass is 453 g/mol. The molecule has 3 aromatic rings. The number of hydrogen-bond acceptors (Lipinski definition) is 8. The molecule has 0 bridgehead atoms. The number of hydrogen-bond donors (Lipinski definition) is 2. The van der Waals surface area contributed by atoms with Crippen molar-refractivity contribution >= 4 is 16.5 Å². The van der Waals surface area contributed by atoms with Crippen LogP contribution in [0, 0.1) is 6.92 Å². The van der Waals surface area contributed by atoms with Crippen LogP contribution in [0.15, 0.2) is 41.4 Å². The summed E-state index contributed by atoms with van der Waals surface area (Å²) in [5.74, 6) is 1.67. The lowest BCUT2D eigenvalue weighted by atomic mass is 9.94. The Morgan fingerprint density at radius 1 is 1.19 bits per heavy atom. The molecule has 32 heavy (non-hydrogen) atoms. The zero-order chi connectivity index (χ0) is 22.5. The van der Waals surface area contributed by atoms with Gasteiger partial charge in [-0.15, -0.1) is 11.3 Å². The molecule has 0 amide bonds. The molecule has 3 heterocycles. The Morgan fingerprint density at radius 2 is 2.00 bits per heavy atom. The van der Waals surface area contributed by atoms with Gasteiger partial charge < -0.3 is 14.6 Å². The SMILES string of the molecule is CCN(NC)C(Nc1nc(-c2ccc(-n3cnc(C)c3)c(OC)n2)cs1)=C1CCCCC1. The molecule has 3 aromatic heterocycles. The number of imidazole rings is 1. The van der Waals surface area contributed by atoms with E-state index in [4.69, 9.17) is 14.7 Å². The summed E-state index contributed by atoms with van der Waals surface area (Å²) < 4.78 is 7.48. The number of anilines is 1. The van der Waals surface area contributed by atoms with Crippen molar-refractivity contribution in [3.63, 3.8) is 0 Å². The van der Waals surface area contributed by atoms with Gasteiger partial charge in [0.1, 0.15) is 17.2 Å². The number of ether oxygens (including phenoxy) is 1. The van der Waals surface area contributed by atoms with E-state index in [9.17, 15) is 0 Å². The highest BCUT2D eigenvalue weighted by Gasteiger charge is 2.18. The van der Waals surface area contributed by atoms with Gasteiger partial charge in [-0.2, -0.15) is 0 Å². The molecule has 0 aliphatic heterocycles. The molecule has 1 saturated carbocycles. The highest BCUT2D eigenvalue weighted by Crippen LogP contribution is 2.31. The standard InChI is InChI=1S/C23H31N7OS/c1-5-30(24-3)21(17-9-7-6-8-10-17)28-23-27-19(14-32-23)18-11-12-20(22(26-18)31-4)29-13-16(2)25-15-29/h11-15,24H,5-10H2,1-4H3,(H,27,28). The molecule has 8 nitrogen and oxygen atoms in total. The first kappa shape index (κ1) is 22.3. The Kier molecular flexibility index (Phi) is 7.06. The van der Waals surface area contributed by atoms with Gasteiger partial charge in [-0.3, -0.25) is 5.01 Å². The fraction of sp³-hybridized carbons (Fsp3) is 0.435. The van der Waals surface area contributed by atoms with Crippen LogP contribution in [0.3, 0.4) is 0 Å². The maximum Gasteiger partial charge on any atom is 0.238 e. The van der Waals surface area contributed by atoms with E-state index in [0.29, 0.717) is 5.88 Å². The number of methoxy groups -OCH3 is 1. The van der Waals surface area contributed by atoms with Crippen LogP contribution >= 0.6 is 11.3 Å². The fourth-order valence-electron chi connectivity index (χ4n) is 4.02. The Balaban J connectivity index is 1.60. The second-order valence-electron chi connectivity index (χ2n) is 7.79. The van der Waals surface area contributed by atoms with Gasteiger partial charge in [0, 0.05) is 25.2 Å². The maximum absolute atomic E-state index is 5.56. The highest BCUT2D eigenvalue weighted by molar-refractivity contribution is 7.14. The number of nitrogens with one attached hydrogen (secondary N) is 2. The molecule has 0 aromatic carbocycles. The molecule has 0 saturated heterocycles. The van der Waals surface area contributed by atoms with Gasteiger partial charge >= 0.3 is 0 Å². The van der Waals surface area contributed by atoms with Gasteiger partial charge in [-0.25, -0.2) is 20.4 Å². The molecule has 1 aliphatic rings. The third-order valence-electron chi connectivity index (χ3n) is 5.66. The van der Waals surface area contributed by atoms with Crippen molar-refractivity contribution in [2.45, 2.75) is 46.0 Å². The molecule has 170 valence electrons. The van der Waals surface area contributed by atoms with Crippen molar-refractivity contribution in [3.05, 3.63) is 47.1 Å². The first-order valence-electron chi connectivity index (χ1n) is 11.1. The molecule has 2 N–H and O–H groups in total. The summed E-state index contributed by atoms with van der Waals surface area (Å²) in [4.78, 5) is 13.8. The number of thiazole rings is 1. The summed E-state index contributed by atoms with van der Waals surface area (Å²) in [5, 5.41) is 8.64. The second-order valence-corrected chi connectivity index (χ2v) is 8.65. The minimum Gasteiger partial charge on any atom is -0.479 e. The van der Waals surface area contributed by atoms with Crippen LogP contribution in [0.25, 0.3) is 17.1 Å². The number of allylic oxidation sites excluding steroid dienone is 1. The molecule has 0 unspecified atom stereocenters. The molecule has 0 spiro atoms. The molecule has 9 heteroatoms. The Morgan fingerprint density at radius 3 is 2.66 bits per heavy atom. The first-order valence-corrected chi connectivity index (χ1v) is 12.0. The molecular formula is C23H31N7OS. The maximum atomic E-state index is 5.56. The first-order chi connectivity index (χ1) is 15.6. The van der Waals surface area contributed by atoms with E-state index in [1.54, 1.807) is 24.8 Å². The molecule has 0 radical (unpaired) electrons. The van der Waals surface area contributed by atoms with Gasteiger partial charge in [-0.1, -0.05) is 6.42 Å². The minimum absolute atomic E-state index is 0.541. The summed E-state index contributed by atoms with van der Waals surface area (Å²) in [6.07, 6.45) is 9.78. The second kappa shape index (κ2) is 10.1. The molecule has 4 rings (SSSR count). The Labute approximate surface area is 193 Å². The van der Waals surface area contributed by atoms with E-state index >= 15 is 0 Å². The van der Waals surface area contributed by atoms with Crippen molar-refractivity contribution in [1.29, 1.82) is 0 Å². The predicted molar refractivity (Wildman–Crippen MR) is 129 cm³/mol. The molecular weight excluding hydrogens is 422 g/mol. The van der Waals surface area contributed by atoms with Crippen molar-refractivity contribution in [2.24, 2.45) is 0 Å². The summed E-state index contributed by atoms with van der Waals surface area (Å²) in [5.41, 5.74) is 8.15. The summed E-state index contributed by atoms with van der Waals surface area (Å²) >= 11 is 1.59. The van der Waals surface area contributed by atoms with Gasteiger partial charge in [0.05, 0.1) is 24.8 Å². The normalized spacial score (nSPS) is 13.8. The molecule has 0 atom stereocenters. The lowest BCUT2D eigenvalue weighted by Crippen LogP contribution is -2.38. The van der Waals surface area contributed by atoms with Crippen LogP contribution < -0.4 is 15.5 Å². The van der Waals surface area contributed by atoms with Gasteiger partial charge in [0.25, 0.3) is 0 Å². The number of pyridine rings is 1. The largest absolute Gasteiger partial charge is 0.479 e. The van der Waals surface area contributed by atoms with E-state index in [1.165, 1.54) is 24.8 Å². The van der Waals surface area contributed by atoms with E-state index in [0.717, 1.165) is 53.1 Å². The lowest BCUT2D eigenvalue weighted by Gasteiger charge is -2.29. The van der Waals surface area contributed by atoms with Crippen molar-refractivity contribution < 1.29 is 4.74 Å². The van der Waals surface area contributed by atoms with Crippen LogP contribution in [0.5, 0.6) is 5.88 Å². The van der Waals surface area contributed by atoms with Crippen LogP contribution in [0.4, 0.5) is 5.13 Å². The fourth-order valence-corrected chi connectivity index (χ4v) is 4.72. The average Bonchev–Trinajstić information content (AvgIpc) is 3.48. The Bertz CT molecular complexity index is 1080. The summed E-state index contributed by atoms with van der Waals surface area (Å²) in [6, 6.07) is 3.96. The molecule has 1 fully saturated rings. The van der Waals surface area contributed by atoms with Crippen LogP contribution in [0.1, 0.15) is 44.7 Å². The quantitative estimate of drug-likeness (QED) is 0.476. The van der Waals surface area contributed by atoms with Gasteiger partial charge in [0.2, 0.25) is 5.88 Å². The highest BCUT2D eigenvalue weighted by atomic mass is 32.1. The number of aromatic nitrogens is 4. The minimum atomic E-state index is 0.541. The van der Waals surface area contributed by atoms with Crippen molar-refractivity contribution in [1.82, 2.24) is 30.0 Å². The number of hydrazine groups is 1. The third-order valence-corrected chi connectivity index (χ3v) is 6.42. The average molecular weight is 454 g/mol. The topological polar surface area (TPSA) is 80.1 Å². The Hall–Kier alpha value is -2.91. The number of nitrogens with zero attached hydrogens (tertiary/aromatic N) is 5. The zero-order valence-electron chi connectivity index (χ0n) is 19.2. The van der Waals surface area contributed by atoms with Crippen LogP contribution in [-0.4, -0.2) is 45.2 Å². The van der Waals surface area contributed by atoms with Crippen LogP contribution in [-0.2, 0) is 0 Å². The summed E-state index contributed by atoms with van der Waals surface area (Å²) in [7, 11) is 3.59. The summed E-state index contributed by atoms with van der Waals surface area (Å²) in [6.45, 7) is 4.97. The smallest absolute Gasteiger partial charge is 0.238 e. The van der Waals surface area contributed by atoms with E-state index in [-0.39, 0.29) is 0 Å². The van der Waals surface area contributed by atoms with E-state index in [1.807, 2.05) is 42.2 Å². The lowest BCUT2D eigenvalue weighted by molar-refractivity contribution is 0.282. The van der Waals surface area contributed by atoms with Crippen LogP contribution in [0.2, 0.25) is 0 Å². The number of aryl methyl sites for hydroxylation is 1.